The van der Waals surface area contributed by atoms with Crippen LogP contribution in [0.3, 0.4) is 0 Å². The van der Waals surface area contributed by atoms with Gasteiger partial charge in [0.15, 0.2) is 0 Å². The first kappa shape index (κ1) is 15.2. The second kappa shape index (κ2) is 6.33. The number of aryl methyl sites for hydroxylation is 1. The molecule has 0 bridgehead atoms. The van der Waals surface area contributed by atoms with Crippen LogP contribution in [0.5, 0.6) is 0 Å². The minimum absolute atomic E-state index is 0. The molecule has 1 heterocycles. The summed E-state index contributed by atoms with van der Waals surface area (Å²) in [6.45, 7) is 4.76. The molecule has 2 rings (SSSR count). The predicted molar refractivity (Wildman–Crippen MR) is 78.3 cm³/mol. The van der Waals surface area contributed by atoms with E-state index in [0.29, 0.717) is 11.1 Å². The van der Waals surface area contributed by atoms with Crippen LogP contribution in [0, 0.1) is 6.92 Å². The molecule has 2 aromatic rings. The van der Waals surface area contributed by atoms with E-state index in [1.807, 2.05) is 6.92 Å². The van der Waals surface area contributed by atoms with Crippen LogP contribution in [0.25, 0.3) is 10.9 Å². The van der Waals surface area contributed by atoms with E-state index in [4.69, 9.17) is 5.73 Å². The number of anilines is 1. The lowest BCUT2D eigenvalue weighted by atomic mass is 10.2. The Morgan fingerprint density at radius 1 is 1.32 bits per heavy atom. The van der Waals surface area contributed by atoms with Gasteiger partial charge < -0.3 is 11.2 Å². The normalized spacial score (nSPS) is 10.4. The van der Waals surface area contributed by atoms with Crippen molar-refractivity contribution in [3.63, 3.8) is 0 Å². The molecular weight excluding hydrogens is 242 g/mol. The molecule has 0 atom stereocenters. The molecule has 0 saturated carbocycles. The molecule has 4 N–H and O–H groups in total. The number of hydrogen-bond donors (Lipinski definition) is 1. The molecule has 0 fully saturated rings. The Kier molecular flexibility index (Phi) is 5.06. The number of benzene rings is 1. The molecule has 0 unspecified atom stereocenters. The fraction of sp³-hybridized carbons (Fsp3) is 0.429. The van der Waals surface area contributed by atoms with Gasteiger partial charge in [-0.3, -0.25) is 9.36 Å². The Bertz CT molecular complexity index is 620. The summed E-state index contributed by atoms with van der Waals surface area (Å²) in [5.74, 6) is 0.772. The lowest BCUT2D eigenvalue weighted by molar-refractivity contribution is 0.570. The van der Waals surface area contributed by atoms with Gasteiger partial charge in [-0.1, -0.05) is 19.8 Å². The minimum Gasteiger partial charge on any atom is -0.412 e. The molecule has 19 heavy (non-hydrogen) atoms. The Hall–Kier alpha value is -1.88. The number of nitrogens with zero attached hydrogens (tertiary/aromatic N) is 2. The highest BCUT2D eigenvalue weighted by molar-refractivity contribution is 5.81. The van der Waals surface area contributed by atoms with Crippen molar-refractivity contribution in [3.05, 3.63) is 34.4 Å². The minimum atomic E-state index is 0. The molecule has 1 aromatic heterocycles. The second-order valence-corrected chi connectivity index (χ2v) is 4.60. The van der Waals surface area contributed by atoms with E-state index in [1.54, 1.807) is 22.8 Å². The van der Waals surface area contributed by atoms with E-state index in [0.717, 1.165) is 37.1 Å². The summed E-state index contributed by atoms with van der Waals surface area (Å²) in [6.07, 6.45) is 3.27. The van der Waals surface area contributed by atoms with Crippen LogP contribution >= 0.6 is 0 Å². The van der Waals surface area contributed by atoms with Gasteiger partial charge in [-0.15, -0.1) is 0 Å². The standard InChI is InChI=1S/C14H19N3O.H2O/c1-3-4-5-8-17-10(2)16-13-7-6-11(15)9-12(13)14(17)18;/h6-7,9H,3-5,8,15H2,1-2H3;1H2. The van der Waals surface area contributed by atoms with Crippen molar-refractivity contribution in [2.24, 2.45) is 0 Å². The number of fused-ring (bicyclic) bond motifs is 1. The van der Waals surface area contributed by atoms with Crippen molar-refractivity contribution in [2.75, 3.05) is 5.73 Å². The molecule has 0 aliphatic carbocycles. The van der Waals surface area contributed by atoms with Crippen molar-refractivity contribution in [1.82, 2.24) is 9.55 Å². The van der Waals surface area contributed by atoms with Crippen molar-refractivity contribution >= 4 is 16.6 Å². The molecule has 0 aliphatic rings. The van der Waals surface area contributed by atoms with Gasteiger partial charge in [-0.05, 0) is 31.5 Å². The largest absolute Gasteiger partial charge is 0.412 e. The van der Waals surface area contributed by atoms with E-state index in [1.165, 1.54) is 0 Å². The van der Waals surface area contributed by atoms with Gasteiger partial charge in [-0.25, -0.2) is 4.98 Å². The van der Waals surface area contributed by atoms with Crippen molar-refractivity contribution in [3.8, 4) is 0 Å². The lowest BCUT2D eigenvalue weighted by Crippen LogP contribution is -2.24. The van der Waals surface area contributed by atoms with Crippen molar-refractivity contribution < 1.29 is 5.48 Å². The van der Waals surface area contributed by atoms with Crippen molar-refractivity contribution in [1.29, 1.82) is 0 Å². The Labute approximate surface area is 112 Å². The van der Waals surface area contributed by atoms with Gasteiger partial charge in [0.1, 0.15) is 5.82 Å². The maximum absolute atomic E-state index is 12.4. The first-order valence-electron chi connectivity index (χ1n) is 6.40. The zero-order chi connectivity index (χ0) is 13.1. The zero-order valence-corrected chi connectivity index (χ0v) is 11.4. The molecule has 104 valence electrons. The summed E-state index contributed by atoms with van der Waals surface area (Å²) >= 11 is 0. The predicted octanol–water partition coefficient (Wildman–Crippen LogP) is 1.65. The smallest absolute Gasteiger partial charge is 0.261 e. The highest BCUT2D eigenvalue weighted by atomic mass is 16.1. The van der Waals surface area contributed by atoms with Gasteiger partial charge in [0.05, 0.1) is 10.9 Å². The SMILES string of the molecule is CCCCCn1c(C)nc2ccc(N)cc2c1=O.O. The van der Waals surface area contributed by atoms with Gasteiger partial charge in [0.25, 0.3) is 5.56 Å². The first-order chi connectivity index (χ1) is 8.63. The van der Waals surface area contributed by atoms with Crippen LogP contribution in [0.1, 0.15) is 32.0 Å². The lowest BCUT2D eigenvalue weighted by Gasteiger charge is -2.10. The van der Waals surface area contributed by atoms with Crippen molar-refractivity contribution in [2.45, 2.75) is 39.7 Å². The summed E-state index contributed by atoms with van der Waals surface area (Å²) in [7, 11) is 0. The third-order valence-corrected chi connectivity index (χ3v) is 3.15. The summed E-state index contributed by atoms with van der Waals surface area (Å²) in [5, 5.41) is 0.608. The number of rotatable bonds is 4. The number of unbranched alkanes of at least 4 members (excludes halogenated alkanes) is 2. The number of hydrogen-bond acceptors (Lipinski definition) is 3. The maximum Gasteiger partial charge on any atom is 0.261 e. The monoisotopic (exact) mass is 263 g/mol. The molecule has 0 saturated heterocycles. The molecule has 0 amide bonds. The summed E-state index contributed by atoms with van der Waals surface area (Å²) in [6, 6.07) is 5.28. The average Bonchev–Trinajstić information content (AvgIpc) is 2.35. The van der Waals surface area contributed by atoms with Crippen LogP contribution in [0.2, 0.25) is 0 Å². The topological polar surface area (TPSA) is 92.4 Å². The van der Waals surface area contributed by atoms with E-state index >= 15 is 0 Å². The van der Waals surface area contributed by atoms with Gasteiger partial charge in [0.2, 0.25) is 0 Å². The molecule has 0 aliphatic heterocycles. The Balaban J connectivity index is 0.00000180. The summed E-state index contributed by atoms with van der Waals surface area (Å²) in [4.78, 5) is 16.8. The van der Waals surface area contributed by atoms with Gasteiger partial charge in [-0.2, -0.15) is 0 Å². The van der Waals surface area contributed by atoms with E-state index in [2.05, 4.69) is 11.9 Å². The molecule has 5 heteroatoms. The fourth-order valence-electron chi connectivity index (χ4n) is 2.13. The number of nitrogens with two attached hydrogens (primary N) is 1. The quantitative estimate of drug-likeness (QED) is 0.671. The molecule has 1 aromatic carbocycles. The third kappa shape index (κ3) is 3.12. The zero-order valence-electron chi connectivity index (χ0n) is 11.4. The number of nitrogen functional groups attached to an aromatic ring is 1. The Morgan fingerprint density at radius 2 is 2.05 bits per heavy atom. The second-order valence-electron chi connectivity index (χ2n) is 4.60. The van der Waals surface area contributed by atoms with Crippen LogP contribution in [0.4, 0.5) is 5.69 Å². The number of aromatic nitrogens is 2. The fourth-order valence-corrected chi connectivity index (χ4v) is 2.13. The average molecular weight is 263 g/mol. The highest BCUT2D eigenvalue weighted by Gasteiger charge is 2.07. The highest BCUT2D eigenvalue weighted by Crippen LogP contribution is 2.12. The van der Waals surface area contributed by atoms with Crippen LogP contribution in [-0.4, -0.2) is 15.0 Å². The van der Waals surface area contributed by atoms with Crippen LogP contribution in [0.15, 0.2) is 23.0 Å². The van der Waals surface area contributed by atoms with E-state index in [9.17, 15) is 4.79 Å². The van der Waals surface area contributed by atoms with Crippen LogP contribution < -0.4 is 11.3 Å². The molecular formula is C14H21N3O2. The Morgan fingerprint density at radius 3 is 2.74 bits per heavy atom. The molecule has 0 radical (unpaired) electrons. The van der Waals surface area contributed by atoms with Crippen LogP contribution in [-0.2, 0) is 6.54 Å². The summed E-state index contributed by atoms with van der Waals surface area (Å²) in [5.41, 5.74) is 7.06. The third-order valence-electron chi connectivity index (χ3n) is 3.15. The van der Waals surface area contributed by atoms with Gasteiger partial charge >= 0.3 is 0 Å². The summed E-state index contributed by atoms with van der Waals surface area (Å²) < 4.78 is 1.75. The molecule has 0 spiro atoms. The van der Waals surface area contributed by atoms with E-state index in [-0.39, 0.29) is 11.0 Å². The van der Waals surface area contributed by atoms with E-state index < -0.39 is 0 Å². The first-order valence-corrected chi connectivity index (χ1v) is 6.40. The molecule has 5 nitrogen and oxygen atoms in total. The van der Waals surface area contributed by atoms with Gasteiger partial charge in [0, 0.05) is 12.2 Å². The maximum atomic E-state index is 12.4.